The van der Waals surface area contributed by atoms with E-state index < -0.39 is 5.97 Å². The molecule has 0 bridgehead atoms. The normalized spacial score (nSPS) is 15.1. The maximum absolute atomic E-state index is 10.9. The van der Waals surface area contributed by atoms with Crippen LogP contribution in [-0.4, -0.2) is 33.4 Å². The number of nitrogens with zero attached hydrogens (tertiary/aromatic N) is 1. The zero-order valence-corrected chi connectivity index (χ0v) is 21.4. The first-order valence-electron chi connectivity index (χ1n) is 12.6. The van der Waals surface area contributed by atoms with Gasteiger partial charge in [0.1, 0.15) is 5.75 Å². The summed E-state index contributed by atoms with van der Waals surface area (Å²) in [5, 5.41) is 9.84. The molecule has 2 N–H and O–H groups in total. The first-order chi connectivity index (χ1) is 18.2. The Bertz CT molecular complexity index is 1310. The monoisotopic (exact) mass is 510 g/mol. The van der Waals surface area contributed by atoms with Crippen LogP contribution in [0.1, 0.15) is 40.3 Å². The predicted octanol–water partition coefficient (Wildman–Crippen LogP) is 6.51. The summed E-state index contributed by atoms with van der Waals surface area (Å²) in [5.41, 5.74) is 5.97. The molecule has 6 heteroatoms. The molecule has 1 aliphatic carbocycles. The first kappa shape index (κ1) is 24.9. The van der Waals surface area contributed by atoms with Gasteiger partial charge in [-0.05, 0) is 53.5 Å². The Morgan fingerprint density at radius 1 is 1.05 bits per heavy atom. The van der Waals surface area contributed by atoms with Crippen LogP contribution in [-0.2, 0) is 17.6 Å². The summed E-state index contributed by atoms with van der Waals surface area (Å²) in [6.07, 6.45) is 9.37. The van der Waals surface area contributed by atoms with Gasteiger partial charge < -0.3 is 14.8 Å². The van der Waals surface area contributed by atoms with E-state index in [2.05, 4.69) is 76.7 Å². The lowest BCUT2D eigenvalue weighted by Gasteiger charge is -2.24. The number of benzene rings is 3. The molecule has 1 heterocycles. The van der Waals surface area contributed by atoms with Crippen molar-refractivity contribution in [3.05, 3.63) is 125 Å². The summed E-state index contributed by atoms with van der Waals surface area (Å²) in [4.78, 5) is 19.1. The number of carboxylic acids is 1. The van der Waals surface area contributed by atoms with Crippen molar-refractivity contribution in [1.82, 2.24) is 9.97 Å². The highest BCUT2D eigenvalue weighted by Gasteiger charge is 2.21. The summed E-state index contributed by atoms with van der Waals surface area (Å²) < 4.78 is 5.49. The number of hydrogen-bond acceptors (Lipinski definition) is 4. The minimum absolute atomic E-state index is 0.117. The van der Waals surface area contributed by atoms with Gasteiger partial charge in [-0.1, -0.05) is 96.7 Å². The minimum atomic E-state index is -0.953. The third-order valence-electron chi connectivity index (χ3n) is 6.70. The summed E-state index contributed by atoms with van der Waals surface area (Å²) in [6, 6.07) is 27.0. The average Bonchev–Trinajstić information content (AvgIpc) is 3.39. The Morgan fingerprint density at radius 3 is 2.49 bits per heavy atom. The van der Waals surface area contributed by atoms with E-state index in [9.17, 15) is 4.79 Å². The highest BCUT2D eigenvalue weighted by atomic mass is 32.2. The number of aromatic nitrogens is 2. The molecule has 0 aliphatic heterocycles. The number of carboxylic acid groups (broad SMARTS) is 1. The number of hydrogen-bond donors (Lipinski definition) is 2. The van der Waals surface area contributed by atoms with Gasteiger partial charge in [-0.3, -0.25) is 0 Å². The molecule has 0 radical (unpaired) electrons. The van der Waals surface area contributed by atoms with Crippen molar-refractivity contribution in [2.75, 3.05) is 12.4 Å². The Hall–Kier alpha value is -3.77. The lowest BCUT2D eigenvalue weighted by Crippen LogP contribution is -2.16. The molecule has 3 aromatic carbocycles. The summed E-state index contributed by atoms with van der Waals surface area (Å²) in [5.74, 6) is 1.18. The lowest BCUT2D eigenvalue weighted by molar-refractivity contribution is -0.139. The largest absolute Gasteiger partial charge is 0.482 e. The van der Waals surface area contributed by atoms with Crippen molar-refractivity contribution < 1.29 is 14.6 Å². The number of aromatic amines is 1. The van der Waals surface area contributed by atoms with E-state index >= 15 is 0 Å². The maximum Gasteiger partial charge on any atom is 0.341 e. The van der Waals surface area contributed by atoms with Crippen molar-refractivity contribution in [2.24, 2.45) is 5.92 Å². The van der Waals surface area contributed by atoms with E-state index in [1.807, 2.05) is 30.5 Å². The minimum Gasteiger partial charge on any atom is -0.482 e. The molecule has 0 amide bonds. The first-order valence-corrected chi connectivity index (χ1v) is 13.6. The Balaban J connectivity index is 1.20. The van der Waals surface area contributed by atoms with E-state index in [1.54, 1.807) is 11.8 Å². The number of imidazole rings is 1. The SMILES string of the molecule is O=C(O)COc1cccc2c1CCC(/C=C/CSc1ncc(C(c3ccccc3)c3ccccc3)[nH]1)C2. The quantitative estimate of drug-likeness (QED) is 0.188. The zero-order chi connectivity index (χ0) is 25.5. The Labute approximate surface area is 221 Å². The van der Waals surface area contributed by atoms with Crippen LogP contribution in [0.2, 0.25) is 0 Å². The van der Waals surface area contributed by atoms with Crippen LogP contribution in [0.5, 0.6) is 5.75 Å². The third kappa shape index (κ3) is 6.33. The molecule has 0 fully saturated rings. The van der Waals surface area contributed by atoms with E-state index in [1.165, 1.54) is 16.7 Å². The fourth-order valence-electron chi connectivity index (χ4n) is 4.99. The predicted molar refractivity (Wildman–Crippen MR) is 147 cm³/mol. The fourth-order valence-corrected chi connectivity index (χ4v) is 5.68. The molecule has 5 rings (SSSR count). The van der Waals surface area contributed by atoms with Gasteiger partial charge in [-0.2, -0.15) is 0 Å². The van der Waals surface area contributed by atoms with Crippen LogP contribution in [0.3, 0.4) is 0 Å². The molecular formula is C31H30N2O3S. The van der Waals surface area contributed by atoms with E-state index in [0.717, 1.165) is 41.4 Å². The molecule has 37 heavy (non-hydrogen) atoms. The Morgan fingerprint density at radius 2 is 1.78 bits per heavy atom. The number of fused-ring (bicyclic) bond motifs is 1. The van der Waals surface area contributed by atoms with Crippen LogP contribution < -0.4 is 4.74 Å². The van der Waals surface area contributed by atoms with Crippen molar-refractivity contribution in [2.45, 2.75) is 30.3 Å². The number of nitrogens with one attached hydrogen (secondary N) is 1. The standard InChI is InChI=1S/C31H30N2O3S/c34-29(35)21-36-28-15-7-14-25-19-22(16-17-26(25)28)9-8-18-37-31-32-20-27(33-31)30(23-10-3-1-4-11-23)24-12-5-2-6-13-24/h1-15,20,22,30H,16-19,21H2,(H,32,33)(H,34,35)/b9-8+. The number of H-pyrrole nitrogens is 1. The lowest BCUT2D eigenvalue weighted by atomic mass is 9.83. The molecule has 0 saturated heterocycles. The van der Waals surface area contributed by atoms with Gasteiger partial charge in [0.05, 0.1) is 12.1 Å². The van der Waals surface area contributed by atoms with Crippen LogP contribution >= 0.6 is 11.8 Å². The Kier molecular flexibility index (Phi) is 8.06. The fraction of sp³-hybridized carbons (Fsp3) is 0.226. The zero-order valence-electron chi connectivity index (χ0n) is 20.5. The second kappa shape index (κ2) is 12.0. The number of ether oxygens (including phenoxy) is 1. The van der Waals surface area contributed by atoms with Gasteiger partial charge in [-0.15, -0.1) is 0 Å². The molecule has 0 spiro atoms. The van der Waals surface area contributed by atoms with Gasteiger partial charge in [0.25, 0.3) is 0 Å². The van der Waals surface area contributed by atoms with Crippen molar-refractivity contribution >= 4 is 17.7 Å². The molecule has 1 atom stereocenters. The molecule has 1 unspecified atom stereocenters. The maximum atomic E-state index is 10.9. The second-order valence-corrected chi connectivity index (χ2v) is 10.2. The molecule has 1 aromatic heterocycles. The van der Waals surface area contributed by atoms with Crippen LogP contribution in [0.15, 0.2) is 102 Å². The van der Waals surface area contributed by atoms with Crippen LogP contribution in [0.4, 0.5) is 0 Å². The number of rotatable bonds is 10. The molecule has 4 aromatic rings. The number of allylic oxidation sites excluding steroid dienone is 1. The van der Waals surface area contributed by atoms with E-state index in [4.69, 9.17) is 9.84 Å². The van der Waals surface area contributed by atoms with Gasteiger partial charge in [0.2, 0.25) is 0 Å². The van der Waals surface area contributed by atoms with Crippen LogP contribution in [0.25, 0.3) is 0 Å². The average molecular weight is 511 g/mol. The third-order valence-corrected chi connectivity index (χ3v) is 7.54. The summed E-state index contributed by atoms with van der Waals surface area (Å²) >= 11 is 1.71. The number of carbonyl (C=O) groups is 1. The van der Waals surface area contributed by atoms with Gasteiger partial charge in [0.15, 0.2) is 11.8 Å². The highest BCUT2D eigenvalue weighted by Crippen LogP contribution is 2.34. The molecule has 0 saturated carbocycles. The van der Waals surface area contributed by atoms with Gasteiger partial charge >= 0.3 is 5.97 Å². The van der Waals surface area contributed by atoms with Crippen LogP contribution in [0, 0.1) is 5.92 Å². The second-order valence-electron chi connectivity index (χ2n) is 9.22. The number of aliphatic carboxylic acids is 1. The smallest absolute Gasteiger partial charge is 0.341 e. The molecular weight excluding hydrogens is 480 g/mol. The van der Waals surface area contributed by atoms with Gasteiger partial charge in [-0.25, -0.2) is 9.78 Å². The van der Waals surface area contributed by atoms with E-state index in [0.29, 0.717) is 11.7 Å². The molecule has 1 aliphatic rings. The van der Waals surface area contributed by atoms with E-state index in [-0.39, 0.29) is 12.5 Å². The molecule has 5 nitrogen and oxygen atoms in total. The van der Waals surface area contributed by atoms with Crippen molar-refractivity contribution in [1.29, 1.82) is 0 Å². The number of thioether (sulfide) groups is 1. The summed E-state index contributed by atoms with van der Waals surface area (Å²) in [6.45, 7) is -0.303. The van der Waals surface area contributed by atoms with Gasteiger partial charge in [0, 0.05) is 11.4 Å². The molecule has 188 valence electrons. The van der Waals surface area contributed by atoms with Crippen molar-refractivity contribution in [3.8, 4) is 5.75 Å². The topological polar surface area (TPSA) is 75.2 Å². The highest BCUT2D eigenvalue weighted by molar-refractivity contribution is 7.99. The van der Waals surface area contributed by atoms with Crippen molar-refractivity contribution in [3.63, 3.8) is 0 Å². The summed E-state index contributed by atoms with van der Waals surface area (Å²) in [7, 11) is 0.